The van der Waals surface area contributed by atoms with Crippen molar-refractivity contribution in [2.24, 2.45) is 5.92 Å². The Morgan fingerprint density at radius 3 is 2.44 bits per heavy atom. The van der Waals surface area contributed by atoms with E-state index in [4.69, 9.17) is 0 Å². The van der Waals surface area contributed by atoms with Crippen LogP contribution >= 0.6 is 0 Å². The quantitative estimate of drug-likeness (QED) is 0.773. The second-order valence-corrected chi connectivity index (χ2v) is 5.67. The third-order valence-corrected chi connectivity index (χ3v) is 4.55. The number of hydrogen-bond acceptors (Lipinski definition) is 3. The molecule has 0 spiro atoms. The van der Waals surface area contributed by atoms with Crippen molar-refractivity contribution >= 4 is 0 Å². The Kier molecular flexibility index (Phi) is 4.22. The Bertz CT molecular complexity index is 213. The first kappa shape index (κ1) is 12.3. The summed E-state index contributed by atoms with van der Waals surface area (Å²) in [4.78, 5) is 5.03. The first-order valence-corrected chi connectivity index (χ1v) is 6.78. The molecular formula is C13H27N3. The molecule has 3 nitrogen and oxygen atoms in total. The highest BCUT2D eigenvalue weighted by atomic mass is 15.3. The first-order chi connectivity index (χ1) is 7.72. The lowest BCUT2D eigenvalue weighted by Crippen LogP contribution is -2.59. The molecule has 1 saturated carbocycles. The van der Waals surface area contributed by atoms with E-state index in [1.54, 1.807) is 0 Å². The molecule has 1 N–H and O–H groups in total. The Labute approximate surface area is 100 Å². The number of rotatable bonds is 3. The van der Waals surface area contributed by atoms with Gasteiger partial charge in [0.25, 0.3) is 0 Å². The normalized spacial score (nSPS) is 32.1. The number of hydrogen-bond donors (Lipinski definition) is 1. The maximum Gasteiger partial charge on any atom is 0.0376 e. The third-order valence-electron chi connectivity index (χ3n) is 4.55. The van der Waals surface area contributed by atoms with Crippen LogP contribution in [0.4, 0.5) is 0 Å². The number of nitrogens with one attached hydrogen (secondary N) is 1. The molecule has 1 aliphatic carbocycles. The van der Waals surface area contributed by atoms with Gasteiger partial charge < -0.3 is 10.2 Å². The zero-order valence-electron chi connectivity index (χ0n) is 11.1. The van der Waals surface area contributed by atoms with Crippen molar-refractivity contribution in [3.8, 4) is 0 Å². The summed E-state index contributed by atoms with van der Waals surface area (Å²) >= 11 is 0. The molecule has 0 aromatic heterocycles. The van der Waals surface area contributed by atoms with Crippen molar-refractivity contribution in [2.75, 3.05) is 40.8 Å². The van der Waals surface area contributed by atoms with Crippen LogP contribution in [0.25, 0.3) is 0 Å². The summed E-state index contributed by atoms with van der Waals surface area (Å²) in [6, 6.07) is 1.39. The van der Waals surface area contributed by atoms with Crippen LogP contribution in [-0.2, 0) is 0 Å². The van der Waals surface area contributed by atoms with E-state index in [0.717, 1.165) is 5.92 Å². The van der Waals surface area contributed by atoms with Gasteiger partial charge in [0, 0.05) is 31.7 Å². The molecule has 1 saturated heterocycles. The topological polar surface area (TPSA) is 18.5 Å². The summed E-state index contributed by atoms with van der Waals surface area (Å²) in [5.74, 6) is 0.906. The van der Waals surface area contributed by atoms with Gasteiger partial charge in [-0.05, 0) is 39.9 Å². The van der Waals surface area contributed by atoms with E-state index in [-0.39, 0.29) is 0 Å². The van der Waals surface area contributed by atoms with Crippen LogP contribution in [0.5, 0.6) is 0 Å². The summed E-state index contributed by atoms with van der Waals surface area (Å²) in [5, 5.41) is 3.60. The minimum atomic E-state index is 0.690. The van der Waals surface area contributed by atoms with Crippen LogP contribution in [0.3, 0.4) is 0 Å². The fraction of sp³-hybridized carbons (Fsp3) is 1.00. The first-order valence-electron chi connectivity index (χ1n) is 6.78. The highest BCUT2D eigenvalue weighted by Gasteiger charge is 2.34. The van der Waals surface area contributed by atoms with Crippen molar-refractivity contribution < 1.29 is 0 Å². The van der Waals surface area contributed by atoms with Gasteiger partial charge in [0.15, 0.2) is 0 Å². The molecule has 3 heteroatoms. The van der Waals surface area contributed by atoms with Gasteiger partial charge in [-0.25, -0.2) is 0 Å². The predicted octanol–water partition coefficient (Wildman–Crippen LogP) is 1.01. The second-order valence-electron chi connectivity index (χ2n) is 5.67. The summed E-state index contributed by atoms with van der Waals surface area (Å²) in [6.07, 6.45) is 5.74. The van der Waals surface area contributed by atoms with E-state index in [0.29, 0.717) is 12.1 Å². The van der Waals surface area contributed by atoms with Crippen molar-refractivity contribution in [1.82, 2.24) is 15.1 Å². The molecule has 2 unspecified atom stereocenters. The van der Waals surface area contributed by atoms with Gasteiger partial charge in [-0.2, -0.15) is 0 Å². The molecule has 0 aromatic rings. The van der Waals surface area contributed by atoms with Crippen LogP contribution in [0.15, 0.2) is 0 Å². The molecule has 0 aromatic carbocycles. The van der Waals surface area contributed by atoms with Gasteiger partial charge >= 0.3 is 0 Å². The van der Waals surface area contributed by atoms with Crippen LogP contribution < -0.4 is 5.32 Å². The van der Waals surface area contributed by atoms with Gasteiger partial charge in [0.2, 0.25) is 0 Å². The zero-order valence-corrected chi connectivity index (χ0v) is 11.1. The van der Waals surface area contributed by atoms with Gasteiger partial charge in [-0.15, -0.1) is 0 Å². The van der Waals surface area contributed by atoms with E-state index >= 15 is 0 Å². The molecule has 1 aliphatic heterocycles. The average molecular weight is 225 g/mol. The minimum absolute atomic E-state index is 0.690. The Hall–Kier alpha value is -0.120. The van der Waals surface area contributed by atoms with Crippen LogP contribution in [0.1, 0.15) is 25.7 Å². The highest BCUT2D eigenvalue weighted by Crippen LogP contribution is 2.30. The number of likely N-dealkylation sites (N-methyl/N-ethyl adjacent to an activating group) is 3. The molecule has 0 bridgehead atoms. The lowest BCUT2D eigenvalue weighted by molar-refractivity contribution is 0.0729. The maximum atomic E-state index is 3.60. The molecule has 2 atom stereocenters. The molecule has 1 heterocycles. The van der Waals surface area contributed by atoms with Crippen LogP contribution in [0, 0.1) is 5.92 Å². The van der Waals surface area contributed by atoms with Crippen molar-refractivity contribution in [2.45, 2.75) is 37.8 Å². The molecule has 94 valence electrons. The summed E-state index contributed by atoms with van der Waals surface area (Å²) in [6.45, 7) is 3.65. The van der Waals surface area contributed by atoms with E-state index < -0.39 is 0 Å². The predicted molar refractivity (Wildman–Crippen MR) is 68.7 cm³/mol. The standard InChI is InChI=1S/C13H27N3/c1-14-13(11-6-4-5-7-11)12-10-15(2)8-9-16(12)3/h11-14H,4-10H2,1-3H3. The molecule has 2 aliphatic rings. The van der Waals surface area contributed by atoms with E-state index in [2.05, 4.69) is 36.3 Å². The fourth-order valence-corrected chi connectivity index (χ4v) is 3.49. The lowest BCUT2D eigenvalue weighted by atomic mass is 9.90. The van der Waals surface area contributed by atoms with Crippen LogP contribution in [-0.4, -0.2) is 62.7 Å². The largest absolute Gasteiger partial charge is 0.315 e. The fourth-order valence-electron chi connectivity index (χ4n) is 3.49. The molecule has 16 heavy (non-hydrogen) atoms. The van der Waals surface area contributed by atoms with E-state index in [1.165, 1.54) is 45.3 Å². The molecular weight excluding hydrogens is 198 g/mol. The Morgan fingerprint density at radius 1 is 1.12 bits per heavy atom. The summed E-state index contributed by atoms with van der Waals surface area (Å²) < 4.78 is 0. The maximum absolute atomic E-state index is 3.60. The number of nitrogens with zero attached hydrogens (tertiary/aromatic N) is 2. The summed E-state index contributed by atoms with van der Waals surface area (Å²) in [5.41, 5.74) is 0. The average Bonchev–Trinajstić information content (AvgIpc) is 2.78. The second kappa shape index (κ2) is 5.48. The number of piperazine rings is 1. The Morgan fingerprint density at radius 2 is 1.81 bits per heavy atom. The van der Waals surface area contributed by atoms with E-state index in [1.807, 2.05) is 0 Å². The minimum Gasteiger partial charge on any atom is -0.315 e. The van der Waals surface area contributed by atoms with Crippen LogP contribution in [0.2, 0.25) is 0 Å². The van der Waals surface area contributed by atoms with E-state index in [9.17, 15) is 0 Å². The van der Waals surface area contributed by atoms with Gasteiger partial charge in [-0.1, -0.05) is 12.8 Å². The lowest BCUT2D eigenvalue weighted by Gasteiger charge is -2.43. The van der Waals surface area contributed by atoms with Gasteiger partial charge in [-0.3, -0.25) is 4.90 Å². The summed E-state index contributed by atoms with van der Waals surface area (Å²) in [7, 11) is 6.68. The molecule has 0 amide bonds. The Balaban J connectivity index is 2.00. The zero-order chi connectivity index (χ0) is 11.5. The molecule has 0 radical (unpaired) electrons. The molecule has 2 fully saturated rings. The van der Waals surface area contributed by atoms with Crippen molar-refractivity contribution in [3.05, 3.63) is 0 Å². The monoisotopic (exact) mass is 225 g/mol. The SMILES string of the molecule is CNC(C1CCCC1)C1CN(C)CCN1C. The van der Waals surface area contributed by atoms with Crippen molar-refractivity contribution in [3.63, 3.8) is 0 Å². The van der Waals surface area contributed by atoms with Crippen molar-refractivity contribution in [1.29, 1.82) is 0 Å². The highest BCUT2D eigenvalue weighted by molar-refractivity contribution is 4.93. The smallest absolute Gasteiger partial charge is 0.0376 e. The third kappa shape index (κ3) is 2.58. The molecule has 2 rings (SSSR count). The van der Waals surface area contributed by atoms with Gasteiger partial charge in [0.1, 0.15) is 0 Å². The van der Waals surface area contributed by atoms with Gasteiger partial charge in [0.05, 0.1) is 0 Å².